The number of nitrogens with one attached hydrogen (secondary N) is 1. The maximum atomic E-state index is 12.3. The van der Waals surface area contributed by atoms with E-state index in [1.54, 1.807) is 18.2 Å². The van der Waals surface area contributed by atoms with Gasteiger partial charge in [0.2, 0.25) is 0 Å². The van der Waals surface area contributed by atoms with Gasteiger partial charge in [-0.05, 0) is 24.6 Å². The summed E-state index contributed by atoms with van der Waals surface area (Å²) in [6.07, 6.45) is 3.17. The first kappa shape index (κ1) is 16.3. The number of hydrogen-bond acceptors (Lipinski definition) is 4. The molecule has 0 amide bonds. The molecule has 0 radical (unpaired) electrons. The number of sulfonamides is 1. The lowest BCUT2D eigenvalue weighted by Crippen LogP contribution is -2.12. The van der Waals surface area contributed by atoms with Gasteiger partial charge in [-0.15, -0.1) is 0 Å². The van der Waals surface area contributed by atoms with Gasteiger partial charge in [0.05, 0.1) is 16.9 Å². The summed E-state index contributed by atoms with van der Waals surface area (Å²) in [6, 6.07) is 4.89. The molecule has 0 aliphatic heterocycles. The van der Waals surface area contributed by atoms with Crippen molar-refractivity contribution in [1.82, 2.24) is 9.78 Å². The fourth-order valence-electron chi connectivity index (χ4n) is 1.62. The fourth-order valence-corrected chi connectivity index (χ4v) is 3.22. The summed E-state index contributed by atoms with van der Waals surface area (Å²) >= 11 is 9.23. The van der Waals surface area contributed by atoms with E-state index in [9.17, 15) is 8.42 Å². The van der Waals surface area contributed by atoms with Crippen LogP contribution in [0.25, 0.3) is 0 Å². The second-order valence-electron chi connectivity index (χ2n) is 4.25. The zero-order valence-corrected chi connectivity index (χ0v) is 14.0. The third-order valence-electron chi connectivity index (χ3n) is 2.64. The normalized spacial score (nSPS) is 11.6. The summed E-state index contributed by atoms with van der Waals surface area (Å²) in [5.74, 6) is 0. The van der Waals surface area contributed by atoms with E-state index in [4.69, 9.17) is 16.7 Å². The molecule has 2 N–H and O–H groups in total. The lowest BCUT2D eigenvalue weighted by molar-refractivity contribution is 0.277. The lowest BCUT2D eigenvalue weighted by Gasteiger charge is -2.08. The predicted octanol–water partition coefficient (Wildman–Crippen LogP) is 2.48. The molecule has 1 aromatic carbocycles. The molecule has 21 heavy (non-hydrogen) atoms. The lowest BCUT2D eigenvalue weighted by atomic mass is 10.3. The van der Waals surface area contributed by atoms with Crippen molar-refractivity contribution in [2.45, 2.75) is 17.9 Å². The SMILES string of the molecule is O=S(=O)(Nc1cc(Br)ccc1Cl)c1cnn(CCCO)c1. The molecule has 0 saturated heterocycles. The third-order valence-corrected chi connectivity index (χ3v) is 4.78. The summed E-state index contributed by atoms with van der Waals surface area (Å²) in [6.45, 7) is 0.470. The Morgan fingerprint density at radius 3 is 2.90 bits per heavy atom. The Hall–Kier alpha value is -1.09. The van der Waals surface area contributed by atoms with E-state index >= 15 is 0 Å². The average Bonchev–Trinajstić information content (AvgIpc) is 2.90. The van der Waals surface area contributed by atoms with Crippen molar-refractivity contribution in [3.05, 3.63) is 40.1 Å². The highest BCUT2D eigenvalue weighted by Gasteiger charge is 2.18. The quantitative estimate of drug-likeness (QED) is 0.788. The number of halogens is 2. The molecule has 1 aromatic heterocycles. The summed E-state index contributed by atoms with van der Waals surface area (Å²) in [4.78, 5) is 0.0384. The number of hydrogen-bond donors (Lipinski definition) is 2. The van der Waals surface area contributed by atoms with Crippen molar-refractivity contribution in [2.24, 2.45) is 0 Å². The highest BCUT2D eigenvalue weighted by molar-refractivity contribution is 9.10. The van der Waals surface area contributed by atoms with Crippen LogP contribution in [0.4, 0.5) is 5.69 Å². The molecule has 0 atom stereocenters. The molecule has 0 aliphatic rings. The number of aliphatic hydroxyl groups excluding tert-OH is 1. The second kappa shape index (κ2) is 6.78. The minimum atomic E-state index is -3.76. The van der Waals surface area contributed by atoms with Crippen LogP contribution in [0.15, 0.2) is 40.0 Å². The van der Waals surface area contributed by atoms with Gasteiger partial charge >= 0.3 is 0 Å². The molecule has 0 unspecified atom stereocenters. The van der Waals surface area contributed by atoms with Crippen LogP contribution in [-0.4, -0.2) is 29.9 Å². The number of benzene rings is 1. The molecule has 0 bridgehead atoms. The van der Waals surface area contributed by atoms with E-state index in [1.807, 2.05) is 0 Å². The molecule has 1 heterocycles. The molecule has 2 aromatic rings. The monoisotopic (exact) mass is 393 g/mol. The number of anilines is 1. The van der Waals surface area contributed by atoms with E-state index in [1.165, 1.54) is 17.1 Å². The van der Waals surface area contributed by atoms with Crippen molar-refractivity contribution in [2.75, 3.05) is 11.3 Å². The molecule has 0 fully saturated rings. The summed E-state index contributed by atoms with van der Waals surface area (Å²) in [5.41, 5.74) is 0.286. The molecule has 0 aliphatic carbocycles. The number of rotatable bonds is 6. The van der Waals surface area contributed by atoms with Gasteiger partial charge in [-0.25, -0.2) is 8.42 Å². The van der Waals surface area contributed by atoms with Crippen LogP contribution in [0.5, 0.6) is 0 Å². The van der Waals surface area contributed by atoms with Crippen molar-refractivity contribution in [3.63, 3.8) is 0 Å². The Balaban J connectivity index is 2.22. The molecular weight excluding hydrogens is 382 g/mol. The minimum Gasteiger partial charge on any atom is -0.396 e. The maximum Gasteiger partial charge on any atom is 0.265 e. The molecule has 9 heteroatoms. The Labute approximate surface area is 135 Å². The van der Waals surface area contributed by atoms with E-state index in [0.717, 1.165) is 0 Å². The van der Waals surface area contributed by atoms with Crippen molar-refractivity contribution in [3.8, 4) is 0 Å². The van der Waals surface area contributed by atoms with Crippen molar-refractivity contribution in [1.29, 1.82) is 0 Å². The summed E-state index contributed by atoms with van der Waals surface area (Å²) in [7, 11) is -3.76. The molecule has 6 nitrogen and oxygen atoms in total. The largest absolute Gasteiger partial charge is 0.396 e. The first-order chi connectivity index (χ1) is 9.92. The van der Waals surface area contributed by atoms with E-state index in [2.05, 4.69) is 25.8 Å². The number of aryl methyl sites for hydroxylation is 1. The minimum absolute atomic E-state index is 0.0217. The van der Waals surface area contributed by atoms with Crippen LogP contribution in [0.2, 0.25) is 5.02 Å². The Morgan fingerprint density at radius 1 is 1.43 bits per heavy atom. The summed E-state index contributed by atoms with van der Waals surface area (Å²) < 4.78 is 29.1. The van der Waals surface area contributed by atoms with Crippen LogP contribution >= 0.6 is 27.5 Å². The molecule has 2 rings (SSSR count). The number of nitrogens with zero attached hydrogens (tertiary/aromatic N) is 2. The van der Waals surface area contributed by atoms with E-state index < -0.39 is 10.0 Å². The predicted molar refractivity (Wildman–Crippen MR) is 83.9 cm³/mol. The van der Waals surface area contributed by atoms with Crippen molar-refractivity contribution >= 4 is 43.2 Å². The van der Waals surface area contributed by atoms with Gasteiger partial charge in [0.1, 0.15) is 4.90 Å². The standard InChI is InChI=1S/C12H13BrClN3O3S/c13-9-2-3-11(14)12(6-9)16-21(19,20)10-7-15-17(8-10)4-1-5-18/h2-3,6-8,16,18H,1,4-5H2. The first-order valence-electron chi connectivity index (χ1n) is 6.03. The fraction of sp³-hybridized carbons (Fsp3) is 0.250. The van der Waals surface area contributed by atoms with Gasteiger partial charge in [0.15, 0.2) is 0 Å². The smallest absolute Gasteiger partial charge is 0.265 e. The van der Waals surface area contributed by atoms with Gasteiger partial charge in [-0.2, -0.15) is 5.10 Å². The highest BCUT2D eigenvalue weighted by Crippen LogP contribution is 2.27. The van der Waals surface area contributed by atoms with Gasteiger partial charge in [-0.1, -0.05) is 27.5 Å². The molecule has 114 valence electrons. The topological polar surface area (TPSA) is 84.2 Å². The number of aromatic nitrogens is 2. The zero-order valence-electron chi connectivity index (χ0n) is 10.8. The number of aliphatic hydroxyl groups is 1. The van der Waals surface area contributed by atoms with Crippen molar-refractivity contribution < 1.29 is 13.5 Å². The van der Waals surface area contributed by atoms with Crippen LogP contribution in [0.1, 0.15) is 6.42 Å². The second-order valence-corrected chi connectivity index (χ2v) is 7.25. The van der Waals surface area contributed by atoms with Gasteiger partial charge in [0.25, 0.3) is 10.0 Å². The van der Waals surface area contributed by atoms with Crippen LogP contribution in [0, 0.1) is 0 Å². The zero-order chi connectivity index (χ0) is 15.5. The first-order valence-corrected chi connectivity index (χ1v) is 8.69. The van der Waals surface area contributed by atoms with Crippen LogP contribution in [0.3, 0.4) is 0 Å². The molecular formula is C12H13BrClN3O3S. The van der Waals surface area contributed by atoms with E-state index in [0.29, 0.717) is 22.5 Å². The Morgan fingerprint density at radius 2 is 2.19 bits per heavy atom. The highest BCUT2D eigenvalue weighted by atomic mass is 79.9. The van der Waals surface area contributed by atoms with Crippen LogP contribution < -0.4 is 4.72 Å². The molecule has 0 saturated carbocycles. The average molecular weight is 395 g/mol. The van der Waals surface area contributed by atoms with Gasteiger partial charge in [-0.3, -0.25) is 9.40 Å². The molecule has 0 spiro atoms. The maximum absolute atomic E-state index is 12.3. The Bertz CT molecular complexity index is 733. The van der Waals surface area contributed by atoms with Gasteiger partial charge < -0.3 is 5.11 Å². The summed E-state index contributed by atoms with van der Waals surface area (Å²) in [5, 5.41) is 13.0. The van der Waals surface area contributed by atoms with E-state index in [-0.39, 0.29) is 17.2 Å². The Kier molecular flexibility index (Phi) is 5.26. The van der Waals surface area contributed by atoms with Gasteiger partial charge in [0, 0.05) is 23.8 Å². The van der Waals surface area contributed by atoms with Crippen LogP contribution in [-0.2, 0) is 16.6 Å². The third kappa shape index (κ3) is 4.19.